The van der Waals surface area contributed by atoms with E-state index in [2.05, 4.69) is 63.7 Å². The predicted octanol–water partition coefficient (Wildman–Crippen LogP) is 5.02. The molecular weight excluding hydrogens is 440 g/mol. The van der Waals surface area contributed by atoms with Gasteiger partial charge in [-0.3, -0.25) is 0 Å². The fourth-order valence-electron chi connectivity index (χ4n) is 3.73. The molecule has 0 nitrogen and oxygen atoms in total. The van der Waals surface area contributed by atoms with Gasteiger partial charge >= 0.3 is 0 Å². The zero-order valence-electron chi connectivity index (χ0n) is 7.65. The molecule has 2 atom stereocenters. The summed E-state index contributed by atoms with van der Waals surface area (Å²) in [5.41, 5.74) is 0. The van der Waals surface area contributed by atoms with E-state index in [1.165, 1.54) is 25.7 Å². The van der Waals surface area contributed by atoms with Gasteiger partial charge in [0.05, 0.1) is 6.47 Å². The third-order valence-corrected chi connectivity index (χ3v) is 9.19. The van der Waals surface area contributed by atoms with Gasteiger partial charge in [-0.15, -0.1) is 0 Å². The van der Waals surface area contributed by atoms with Crippen molar-refractivity contribution in [2.75, 3.05) is 0 Å². The van der Waals surface area contributed by atoms with Crippen molar-refractivity contribution in [3.8, 4) is 0 Å². The maximum Gasteiger partial charge on any atom is 0.0883 e. The van der Waals surface area contributed by atoms with Crippen LogP contribution < -0.4 is 0 Å². The van der Waals surface area contributed by atoms with Crippen molar-refractivity contribution in [2.24, 2.45) is 23.7 Å². The minimum absolute atomic E-state index is 0.167. The molecule has 80 valence electrons. The summed E-state index contributed by atoms with van der Waals surface area (Å²) in [6.07, 6.45) is 5.53. The van der Waals surface area contributed by atoms with Crippen LogP contribution in [0.1, 0.15) is 25.7 Å². The Labute approximate surface area is 118 Å². The minimum atomic E-state index is 0.167. The van der Waals surface area contributed by atoms with Crippen molar-refractivity contribution in [3.63, 3.8) is 0 Å². The standard InChI is InChI=1S/C10H12Br4/c11-9(12)6-1-5-2-7(4-6)10(13,14)8(9)3-5/h5-8H,1-4H2/t5?,6-,7-,8?/m0/s1. The molecule has 4 rings (SSSR count). The van der Waals surface area contributed by atoms with Crippen LogP contribution in [0.5, 0.6) is 0 Å². The molecule has 0 heterocycles. The summed E-state index contributed by atoms with van der Waals surface area (Å²) in [5, 5.41) is 0. The summed E-state index contributed by atoms with van der Waals surface area (Å²) in [5.74, 6) is 3.31. The van der Waals surface area contributed by atoms with Crippen LogP contribution in [0.2, 0.25) is 0 Å². The lowest BCUT2D eigenvalue weighted by atomic mass is 9.56. The molecule has 0 saturated heterocycles. The van der Waals surface area contributed by atoms with Crippen LogP contribution in [0.4, 0.5) is 0 Å². The average molecular weight is 452 g/mol. The Balaban J connectivity index is 2.04. The molecule has 0 unspecified atom stereocenters. The maximum absolute atomic E-state index is 3.92. The third kappa shape index (κ3) is 1.32. The summed E-state index contributed by atoms with van der Waals surface area (Å²) in [6, 6.07) is 0. The van der Waals surface area contributed by atoms with Crippen LogP contribution in [-0.4, -0.2) is 6.47 Å². The van der Waals surface area contributed by atoms with Crippen molar-refractivity contribution in [2.45, 2.75) is 32.2 Å². The first kappa shape index (κ1) is 11.0. The van der Waals surface area contributed by atoms with Crippen molar-refractivity contribution in [1.82, 2.24) is 0 Å². The second-order valence-corrected chi connectivity index (χ2v) is 12.5. The van der Waals surface area contributed by atoms with Crippen molar-refractivity contribution in [3.05, 3.63) is 0 Å². The van der Waals surface area contributed by atoms with E-state index in [-0.39, 0.29) is 6.47 Å². The van der Waals surface area contributed by atoms with Crippen molar-refractivity contribution in [1.29, 1.82) is 0 Å². The highest BCUT2D eigenvalue weighted by Crippen LogP contribution is 2.71. The lowest BCUT2D eigenvalue weighted by Crippen LogP contribution is -2.60. The van der Waals surface area contributed by atoms with E-state index in [4.69, 9.17) is 0 Å². The topological polar surface area (TPSA) is 0 Å². The fraction of sp³-hybridized carbons (Fsp3) is 1.00. The molecule has 0 N–H and O–H groups in total. The second kappa shape index (κ2) is 3.23. The number of halogens is 4. The summed E-state index contributed by atoms with van der Waals surface area (Å²) >= 11 is 15.7. The summed E-state index contributed by atoms with van der Waals surface area (Å²) < 4.78 is 0.334. The third-order valence-electron chi connectivity index (χ3n) is 4.39. The molecule has 0 amide bonds. The molecular formula is C10H12Br4. The Morgan fingerprint density at radius 3 is 1.71 bits per heavy atom. The average Bonchev–Trinajstić information content (AvgIpc) is 2.09. The van der Waals surface area contributed by atoms with Gasteiger partial charge in [-0.1, -0.05) is 63.7 Å². The highest BCUT2D eigenvalue weighted by atomic mass is 79.9. The molecule has 0 spiro atoms. The summed E-state index contributed by atoms with van der Waals surface area (Å²) in [4.78, 5) is 0. The first-order valence-corrected chi connectivity index (χ1v) is 8.35. The lowest BCUT2D eigenvalue weighted by Gasteiger charge is -2.62. The van der Waals surface area contributed by atoms with E-state index >= 15 is 0 Å². The number of alkyl halides is 4. The van der Waals surface area contributed by atoms with Crippen molar-refractivity contribution < 1.29 is 0 Å². The molecule has 4 fully saturated rings. The van der Waals surface area contributed by atoms with Crippen LogP contribution in [0.3, 0.4) is 0 Å². The number of rotatable bonds is 0. The molecule has 0 radical (unpaired) electrons. The van der Waals surface area contributed by atoms with Gasteiger partial charge in [0.1, 0.15) is 0 Å². The Hall–Kier alpha value is 1.92. The molecule has 0 aromatic carbocycles. The quantitative estimate of drug-likeness (QED) is 0.453. The zero-order valence-corrected chi connectivity index (χ0v) is 14.0. The Kier molecular flexibility index (Phi) is 2.55. The molecule has 0 aliphatic heterocycles. The van der Waals surface area contributed by atoms with Gasteiger partial charge in [0, 0.05) is 5.92 Å². The normalized spacial score (nSPS) is 52.3. The highest BCUT2D eigenvalue weighted by Gasteiger charge is 2.64. The fourth-order valence-corrected chi connectivity index (χ4v) is 8.65. The van der Waals surface area contributed by atoms with Crippen LogP contribution in [0.15, 0.2) is 0 Å². The van der Waals surface area contributed by atoms with Gasteiger partial charge in [0.15, 0.2) is 0 Å². The predicted molar refractivity (Wildman–Crippen MR) is 73.6 cm³/mol. The summed E-state index contributed by atoms with van der Waals surface area (Å²) in [7, 11) is 0. The maximum atomic E-state index is 3.92. The first-order chi connectivity index (χ1) is 6.42. The van der Waals surface area contributed by atoms with Gasteiger partial charge in [-0.25, -0.2) is 0 Å². The van der Waals surface area contributed by atoms with Crippen LogP contribution in [-0.2, 0) is 0 Å². The van der Waals surface area contributed by atoms with E-state index in [1.54, 1.807) is 0 Å². The largest absolute Gasteiger partial charge is 0.0883 e. The van der Waals surface area contributed by atoms with Gasteiger partial charge < -0.3 is 0 Å². The Bertz CT molecular complexity index is 249. The molecule has 0 aromatic heterocycles. The Morgan fingerprint density at radius 1 is 0.714 bits per heavy atom. The molecule has 4 aliphatic rings. The van der Waals surface area contributed by atoms with Gasteiger partial charge in [-0.2, -0.15) is 0 Å². The van der Waals surface area contributed by atoms with E-state index in [0.717, 1.165) is 17.8 Å². The molecule has 14 heavy (non-hydrogen) atoms. The van der Waals surface area contributed by atoms with E-state index in [1.807, 2.05) is 0 Å². The molecule has 4 aliphatic carbocycles. The number of hydrogen-bond acceptors (Lipinski definition) is 0. The molecule has 4 heteroatoms. The van der Waals surface area contributed by atoms with Gasteiger partial charge in [0.2, 0.25) is 0 Å². The zero-order chi connectivity index (χ0) is 10.1. The van der Waals surface area contributed by atoms with Gasteiger partial charge in [0.25, 0.3) is 0 Å². The number of hydrogen-bond donors (Lipinski definition) is 0. The Morgan fingerprint density at radius 2 is 1.21 bits per heavy atom. The van der Waals surface area contributed by atoms with Crippen LogP contribution >= 0.6 is 63.7 Å². The molecule has 0 aromatic rings. The van der Waals surface area contributed by atoms with E-state index in [0.29, 0.717) is 5.92 Å². The lowest BCUT2D eigenvalue weighted by molar-refractivity contribution is 0.0204. The van der Waals surface area contributed by atoms with Crippen LogP contribution in [0, 0.1) is 23.7 Å². The first-order valence-electron chi connectivity index (χ1n) is 5.18. The summed E-state index contributed by atoms with van der Waals surface area (Å²) in [6.45, 7) is 0. The SMILES string of the molecule is BrC1(Br)C2CC3C[C@H]1C[C@H](C3)C2(Br)Br. The minimum Gasteiger partial charge on any atom is -0.0720 e. The van der Waals surface area contributed by atoms with Gasteiger partial charge in [-0.05, 0) is 43.4 Å². The van der Waals surface area contributed by atoms with Crippen LogP contribution in [0.25, 0.3) is 0 Å². The van der Waals surface area contributed by atoms with Crippen molar-refractivity contribution >= 4 is 63.7 Å². The van der Waals surface area contributed by atoms with E-state index < -0.39 is 0 Å². The van der Waals surface area contributed by atoms with E-state index in [9.17, 15) is 0 Å². The second-order valence-electron chi connectivity index (χ2n) is 5.10. The molecule has 4 bridgehead atoms. The smallest absolute Gasteiger partial charge is 0.0720 e. The highest BCUT2D eigenvalue weighted by molar-refractivity contribution is 9.26. The molecule has 4 saturated carbocycles. The monoisotopic (exact) mass is 448 g/mol.